The van der Waals surface area contributed by atoms with Crippen LogP contribution in [-0.2, 0) is 17.6 Å². The number of benzene rings is 1. The van der Waals surface area contributed by atoms with E-state index >= 15 is 0 Å². The Labute approximate surface area is 155 Å². The molecular weight excluding hydrogens is 350 g/mol. The topological polar surface area (TPSA) is 118 Å². The van der Waals surface area contributed by atoms with Gasteiger partial charge in [-0.1, -0.05) is 35.5 Å². The molecule has 0 aliphatic carbocycles. The SMILES string of the molecule is Cc1coc(CC(=O)O)c1C(=O)NC(C)c1noc(Cc2ccccc2)n1. The minimum absolute atomic E-state index is 0.113. The molecule has 0 aliphatic heterocycles. The highest BCUT2D eigenvalue weighted by Crippen LogP contribution is 2.19. The maximum atomic E-state index is 12.6. The van der Waals surface area contributed by atoms with Crippen LogP contribution in [0, 0.1) is 6.92 Å². The van der Waals surface area contributed by atoms with Crippen LogP contribution >= 0.6 is 0 Å². The Balaban J connectivity index is 1.69. The molecule has 0 spiro atoms. The van der Waals surface area contributed by atoms with Gasteiger partial charge < -0.3 is 19.4 Å². The minimum atomic E-state index is -1.07. The van der Waals surface area contributed by atoms with E-state index in [9.17, 15) is 9.59 Å². The summed E-state index contributed by atoms with van der Waals surface area (Å²) in [6.07, 6.45) is 1.50. The lowest BCUT2D eigenvalue weighted by molar-refractivity contribution is -0.136. The minimum Gasteiger partial charge on any atom is -0.481 e. The fourth-order valence-corrected chi connectivity index (χ4v) is 2.69. The van der Waals surface area contributed by atoms with Crippen molar-refractivity contribution in [3.63, 3.8) is 0 Å². The van der Waals surface area contributed by atoms with E-state index in [0.29, 0.717) is 23.7 Å². The summed E-state index contributed by atoms with van der Waals surface area (Å²) in [5, 5.41) is 15.6. The van der Waals surface area contributed by atoms with Gasteiger partial charge in [0.05, 0.1) is 24.3 Å². The van der Waals surface area contributed by atoms with Gasteiger partial charge in [-0.05, 0) is 19.4 Å². The van der Waals surface area contributed by atoms with Crippen LogP contribution in [0.3, 0.4) is 0 Å². The van der Waals surface area contributed by atoms with E-state index in [2.05, 4.69) is 15.5 Å². The second-order valence-electron chi connectivity index (χ2n) is 6.19. The molecule has 0 fully saturated rings. The number of carbonyl (C=O) groups is 2. The zero-order chi connectivity index (χ0) is 19.4. The third-order valence-electron chi connectivity index (χ3n) is 4.01. The molecule has 0 aliphatic rings. The number of carbonyl (C=O) groups excluding carboxylic acids is 1. The van der Waals surface area contributed by atoms with Gasteiger partial charge >= 0.3 is 5.97 Å². The van der Waals surface area contributed by atoms with Gasteiger partial charge in [0.15, 0.2) is 5.82 Å². The molecule has 2 aromatic heterocycles. The Morgan fingerprint density at radius 3 is 2.70 bits per heavy atom. The molecule has 0 saturated heterocycles. The van der Waals surface area contributed by atoms with Crippen LogP contribution in [0.4, 0.5) is 0 Å². The summed E-state index contributed by atoms with van der Waals surface area (Å²) in [6, 6.07) is 9.19. The average Bonchev–Trinajstić information content (AvgIpc) is 3.22. The molecule has 8 heteroatoms. The Morgan fingerprint density at radius 2 is 2.00 bits per heavy atom. The number of hydrogen-bond donors (Lipinski definition) is 2. The molecule has 2 heterocycles. The van der Waals surface area contributed by atoms with Gasteiger partial charge in [0, 0.05) is 5.56 Å². The lowest BCUT2D eigenvalue weighted by atomic mass is 10.1. The molecule has 8 nitrogen and oxygen atoms in total. The van der Waals surface area contributed by atoms with Crippen molar-refractivity contribution in [3.8, 4) is 0 Å². The number of nitrogens with zero attached hydrogens (tertiary/aromatic N) is 2. The molecule has 0 bridgehead atoms. The van der Waals surface area contributed by atoms with Gasteiger partial charge in [-0.25, -0.2) is 0 Å². The number of furan rings is 1. The molecule has 3 aromatic rings. The number of hydrogen-bond acceptors (Lipinski definition) is 6. The predicted molar refractivity (Wildman–Crippen MR) is 94.2 cm³/mol. The van der Waals surface area contributed by atoms with Crippen molar-refractivity contribution in [1.29, 1.82) is 0 Å². The standard InChI is InChI=1S/C19H19N3O5/c1-11-10-26-14(9-16(23)24)17(11)19(25)20-12(2)18-21-15(27-22-18)8-13-6-4-3-5-7-13/h3-7,10,12H,8-9H2,1-2H3,(H,20,25)(H,23,24). The van der Waals surface area contributed by atoms with Gasteiger partial charge in [-0.2, -0.15) is 4.98 Å². The number of aliphatic carboxylic acids is 1. The smallest absolute Gasteiger partial charge is 0.311 e. The summed E-state index contributed by atoms with van der Waals surface area (Å²) in [5.74, 6) is -0.615. The van der Waals surface area contributed by atoms with Crippen LogP contribution in [0.25, 0.3) is 0 Å². The van der Waals surface area contributed by atoms with Crippen LogP contribution in [0.15, 0.2) is 45.5 Å². The Morgan fingerprint density at radius 1 is 1.26 bits per heavy atom. The molecule has 1 aromatic carbocycles. The van der Waals surface area contributed by atoms with Gasteiger partial charge in [-0.3, -0.25) is 9.59 Å². The highest BCUT2D eigenvalue weighted by atomic mass is 16.5. The first kappa shape index (κ1) is 18.4. The highest BCUT2D eigenvalue weighted by molar-refractivity contribution is 5.97. The third-order valence-corrected chi connectivity index (χ3v) is 4.01. The molecular formula is C19H19N3O5. The molecule has 1 unspecified atom stereocenters. The Hall–Kier alpha value is -3.42. The Kier molecular flexibility index (Phi) is 5.35. The zero-order valence-electron chi connectivity index (χ0n) is 14.9. The monoisotopic (exact) mass is 369 g/mol. The van der Waals surface area contributed by atoms with Gasteiger partial charge in [0.25, 0.3) is 5.91 Å². The first-order valence-corrected chi connectivity index (χ1v) is 8.40. The van der Waals surface area contributed by atoms with E-state index in [0.717, 1.165) is 5.56 Å². The second-order valence-corrected chi connectivity index (χ2v) is 6.19. The normalized spacial score (nSPS) is 11.9. The summed E-state index contributed by atoms with van der Waals surface area (Å²) in [7, 11) is 0. The highest BCUT2D eigenvalue weighted by Gasteiger charge is 2.23. The number of rotatable bonds is 7. The first-order chi connectivity index (χ1) is 12.9. The maximum Gasteiger partial charge on any atom is 0.311 e. The van der Waals surface area contributed by atoms with Gasteiger partial charge in [0.2, 0.25) is 5.89 Å². The van der Waals surface area contributed by atoms with Crippen LogP contribution in [-0.4, -0.2) is 27.1 Å². The van der Waals surface area contributed by atoms with E-state index < -0.39 is 17.9 Å². The van der Waals surface area contributed by atoms with Crippen LogP contribution < -0.4 is 5.32 Å². The molecule has 1 atom stereocenters. The number of carboxylic acid groups (broad SMARTS) is 1. The van der Waals surface area contributed by atoms with Gasteiger partial charge in [-0.15, -0.1) is 0 Å². The summed E-state index contributed by atoms with van der Waals surface area (Å²) < 4.78 is 10.4. The van der Waals surface area contributed by atoms with E-state index in [1.807, 2.05) is 30.3 Å². The lowest BCUT2D eigenvalue weighted by Gasteiger charge is -2.10. The molecule has 140 valence electrons. The predicted octanol–water partition coefficient (Wildman–Crippen LogP) is 2.68. The van der Waals surface area contributed by atoms with Gasteiger partial charge in [0.1, 0.15) is 12.2 Å². The van der Waals surface area contributed by atoms with Crippen LogP contribution in [0.5, 0.6) is 0 Å². The zero-order valence-corrected chi connectivity index (χ0v) is 14.9. The third kappa shape index (κ3) is 4.41. The summed E-state index contributed by atoms with van der Waals surface area (Å²) in [5.41, 5.74) is 1.82. The fraction of sp³-hybridized carbons (Fsp3) is 0.263. The molecule has 2 N–H and O–H groups in total. The van der Waals surface area contributed by atoms with Crippen LogP contribution in [0.2, 0.25) is 0 Å². The van der Waals surface area contributed by atoms with Crippen molar-refractivity contribution in [1.82, 2.24) is 15.5 Å². The number of nitrogens with one attached hydrogen (secondary N) is 1. The van der Waals surface area contributed by atoms with Crippen molar-refractivity contribution >= 4 is 11.9 Å². The quantitative estimate of drug-likeness (QED) is 0.657. The summed E-state index contributed by atoms with van der Waals surface area (Å²) in [4.78, 5) is 27.8. The fourth-order valence-electron chi connectivity index (χ4n) is 2.69. The first-order valence-electron chi connectivity index (χ1n) is 8.40. The molecule has 0 saturated carbocycles. The lowest BCUT2D eigenvalue weighted by Crippen LogP contribution is -2.28. The maximum absolute atomic E-state index is 12.6. The van der Waals surface area contributed by atoms with Crippen molar-refractivity contribution in [2.45, 2.75) is 32.7 Å². The van der Waals surface area contributed by atoms with Crippen molar-refractivity contribution < 1.29 is 23.6 Å². The number of carboxylic acids is 1. The molecule has 27 heavy (non-hydrogen) atoms. The van der Waals surface area contributed by atoms with Crippen molar-refractivity contribution in [3.05, 3.63) is 70.8 Å². The van der Waals surface area contributed by atoms with Crippen molar-refractivity contribution in [2.75, 3.05) is 0 Å². The van der Waals surface area contributed by atoms with E-state index in [1.54, 1.807) is 13.8 Å². The number of aryl methyl sites for hydroxylation is 1. The molecule has 0 radical (unpaired) electrons. The summed E-state index contributed by atoms with van der Waals surface area (Å²) in [6.45, 7) is 3.40. The van der Waals surface area contributed by atoms with E-state index in [4.69, 9.17) is 14.0 Å². The number of aromatic nitrogens is 2. The van der Waals surface area contributed by atoms with E-state index in [1.165, 1.54) is 6.26 Å². The molecule has 3 rings (SSSR count). The number of amides is 1. The largest absolute Gasteiger partial charge is 0.481 e. The van der Waals surface area contributed by atoms with Crippen LogP contribution in [0.1, 0.15) is 51.9 Å². The molecule has 1 amide bonds. The second kappa shape index (κ2) is 7.86. The summed E-state index contributed by atoms with van der Waals surface area (Å²) >= 11 is 0. The van der Waals surface area contributed by atoms with Crippen molar-refractivity contribution in [2.24, 2.45) is 0 Å². The Bertz CT molecular complexity index is 945. The van der Waals surface area contributed by atoms with E-state index in [-0.39, 0.29) is 17.7 Å². The average molecular weight is 369 g/mol.